The predicted octanol–water partition coefficient (Wildman–Crippen LogP) is 4.14. The highest BCUT2D eigenvalue weighted by molar-refractivity contribution is 9.10. The van der Waals surface area contributed by atoms with Crippen molar-refractivity contribution >= 4 is 21.7 Å². The Balaban J connectivity index is 2.54. The number of ether oxygens (including phenoxy) is 1. The fraction of sp³-hybridized carbons (Fsp3) is 0.133. The summed E-state index contributed by atoms with van der Waals surface area (Å²) in [6, 6.07) is 9.84. The van der Waals surface area contributed by atoms with Crippen molar-refractivity contribution < 1.29 is 13.9 Å². The number of rotatable bonds is 3. The van der Waals surface area contributed by atoms with E-state index in [0.29, 0.717) is 10.0 Å². The maximum Gasteiger partial charge on any atom is 0.197 e. The topological polar surface area (TPSA) is 26.3 Å². The van der Waals surface area contributed by atoms with Crippen LogP contribution in [-0.4, -0.2) is 12.9 Å². The molecule has 98 valence electrons. The van der Waals surface area contributed by atoms with E-state index in [1.54, 1.807) is 18.2 Å². The molecule has 0 saturated carbocycles. The molecular formula is C15H12BrFO2. The van der Waals surface area contributed by atoms with Gasteiger partial charge in [0.05, 0.1) is 12.7 Å². The van der Waals surface area contributed by atoms with Gasteiger partial charge in [-0.05, 0) is 46.6 Å². The van der Waals surface area contributed by atoms with Crippen molar-refractivity contribution in [1.29, 1.82) is 0 Å². The Labute approximate surface area is 119 Å². The monoisotopic (exact) mass is 322 g/mol. The third kappa shape index (κ3) is 2.54. The Hall–Kier alpha value is -1.68. The lowest BCUT2D eigenvalue weighted by molar-refractivity contribution is 0.103. The van der Waals surface area contributed by atoms with E-state index < -0.39 is 5.82 Å². The standard InChI is InChI=1S/C15H12BrFO2/c1-9-5-3-6-10(13(9)16)15(18)11-7-4-8-12(19-2)14(11)17/h3-8H,1-2H3. The van der Waals surface area contributed by atoms with E-state index in [0.717, 1.165) is 5.56 Å². The third-order valence-corrected chi connectivity index (χ3v) is 3.92. The summed E-state index contributed by atoms with van der Waals surface area (Å²) in [6.07, 6.45) is 0. The normalized spacial score (nSPS) is 10.3. The summed E-state index contributed by atoms with van der Waals surface area (Å²) in [6.45, 7) is 1.88. The fourth-order valence-corrected chi connectivity index (χ4v) is 2.26. The van der Waals surface area contributed by atoms with Crippen LogP contribution >= 0.6 is 15.9 Å². The molecule has 0 bridgehead atoms. The zero-order chi connectivity index (χ0) is 14.0. The molecule has 2 rings (SSSR count). The van der Waals surface area contributed by atoms with Crippen LogP contribution in [0.1, 0.15) is 21.5 Å². The van der Waals surface area contributed by atoms with Crippen LogP contribution in [0, 0.1) is 12.7 Å². The Morgan fingerprint density at radius 1 is 1.16 bits per heavy atom. The first-order valence-corrected chi connectivity index (χ1v) is 6.48. The van der Waals surface area contributed by atoms with Crippen molar-refractivity contribution in [2.45, 2.75) is 6.92 Å². The van der Waals surface area contributed by atoms with Crippen molar-refractivity contribution in [3.8, 4) is 5.75 Å². The van der Waals surface area contributed by atoms with Crippen LogP contribution in [0.2, 0.25) is 0 Å². The molecule has 0 fully saturated rings. The lowest BCUT2D eigenvalue weighted by atomic mass is 10.0. The molecule has 0 N–H and O–H groups in total. The fourth-order valence-electron chi connectivity index (χ4n) is 1.81. The molecule has 0 unspecified atom stereocenters. The number of methoxy groups -OCH3 is 1. The van der Waals surface area contributed by atoms with Gasteiger partial charge in [0.25, 0.3) is 0 Å². The number of hydrogen-bond acceptors (Lipinski definition) is 2. The summed E-state index contributed by atoms with van der Waals surface area (Å²) < 4.78 is 19.6. The second-order valence-corrected chi connectivity index (χ2v) is 4.88. The summed E-state index contributed by atoms with van der Waals surface area (Å²) >= 11 is 3.36. The lowest BCUT2D eigenvalue weighted by Crippen LogP contribution is -2.06. The van der Waals surface area contributed by atoms with Gasteiger partial charge < -0.3 is 4.74 Å². The molecule has 2 aromatic rings. The molecule has 2 aromatic carbocycles. The summed E-state index contributed by atoms with van der Waals surface area (Å²) in [7, 11) is 1.37. The van der Waals surface area contributed by atoms with E-state index in [2.05, 4.69) is 15.9 Å². The number of hydrogen-bond donors (Lipinski definition) is 0. The Morgan fingerprint density at radius 3 is 2.47 bits per heavy atom. The van der Waals surface area contributed by atoms with Gasteiger partial charge in [-0.2, -0.15) is 0 Å². The van der Waals surface area contributed by atoms with Crippen molar-refractivity contribution in [2.24, 2.45) is 0 Å². The number of carbonyl (C=O) groups is 1. The Morgan fingerprint density at radius 2 is 1.79 bits per heavy atom. The molecule has 0 aliphatic carbocycles. The number of aryl methyl sites for hydroxylation is 1. The van der Waals surface area contributed by atoms with Crippen LogP contribution in [-0.2, 0) is 0 Å². The average molecular weight is 323 g/mol. The van der Waals surface area contributed by atoms with E-state index >= 15 is 0 Å². The molecule has 0 radical (unpaired) electrons. The molecule has 0 atom stereocenters. The van der Waals surface area contributed by atoms with E-state index in [1.807, 2.05) is 13.0 Å². The van der Waals surface area contributed by atoms with E-state index in [4.69, 9.17) is 4.74 Å². The molecule has 0 aliphatic heterocycles. The lowest BCUT2D eigenvalue weighted by Gasteiger charge is -2.09. The van der Waals surface area contributed by atoms with Gasteiger partial charge in [0, 0.05) is 10.0 Å². The SMILES string of the molecule is COc1cccc(C(=O)c2cccc(C)c2Br)c1F. The molecular weight excluding hydrogens is 311 g/mol. The zero-order valence-corrected chi connectivity index (χ0v) is 12.1. The molecule has 0 saturated heterocycles. The third-order valence-electron chi connectivity index (χ3n) is 2.86. The van der Waals surface area contributed by atoms with E-state index in [-0.39, 0.29) is 17.1 Å². The van der Waals surface area contributed by atoms with Gasteiger partial charge in [-0.1, -0.05) is 18.2 Å². The second kappa shape index (κ2) is 5.53. The maximum absolute atomic E-state index is 14.1. The van der Waals surface area contributed by atoms with Crippen LogP contribution in [0.4, 0.5) is 4.39 Å². The van der Waals surface area contributed by atoms with Crippen molar-refractivity contribution in [3.63, 3.8) is 0 Å². The van der Waals surface area contributed by atoms with Crippen LogP contribution in [0.25, 0.3) is 0 Å². The Kier molecular flexibility index (Phi) is 4.00. The quantitative estimate of drug-likeness (QED) is 0.794. The predicted molar refractivity (Wildman–Crippen MR) is 75.3 cm³/mol. The summed E-state index contributed by atoms with van der Waals surface area (Å²) in [5, 5.41) is 0. The first-order chi connectivity index (χ1) is 9.06. The minimum Gasteiger partial charge on any atom is -0.494 e. The molecule has 0 heterocycles. The van der Waals surface area contributed by atoms with Crippen LogP contribution in [0.3, 0.4) is 0 Å². The first-order valence-electron chi connectivity index (χ1n) is 5.68. The van der Waals surface area contributed by atoms with Gasteiger partial charge >= 0.3 is 0 Å². The van der Waals surface area contributed by atoms with Gasteiger partial charge in [-0.15, -0.1) is 0 Å². The first kappa shape index (κ1) is 13.7. The summed E-state index contributed by atoms with van der Waals surface area (Å²) in [5.74, 6) is -0.940. The highest BCUT2D eigenvalue weighted by Crippen LogP contribution is 2.27. The van der Waals surface area contributed by atoms with Gasteiger partial charge in [0.15, 0.2) is 17.3 Å². The molecule has 0 amide bonds. The smallest absolute Gasteiger partial charge is 0.197 e. The Bertz CT molecular complexity index is 638. The molecule has 0 aromatic heterocycles. The van der Waals surface area contributed by atoms with Gasteiger partial charge in [-0.25, -0.2) is 4.39 Å². The van der Waals surface area contributed by atoms with E-state index in [1.165, 1.54) is 19.2 Å². The van der Waals surface area contributed by atoms with Gasteiger partial charge in [0.2, 0.25) is 0 Å². The molecule has 0 spiro atoms. The van der Waals surface area contributed by atoms with Gasteiger partial charge in [0.1, 0.15) is 0 Å². The number of ketones is 1. The zero-order valence-electron chi connectivity index (χ0n) is 10.5. The number of benzene rings is 2. The van der Waals surface area contributed by atoms with E-state index in [9.17, 15) is 9.18 Å². The van der Waals surface area contributed by atoms with Crippen molar-refractivity contribution in [2.75, 3.05) is 7.11 Å². The minimum absolute atomic E-state index is 0.00523. The van der Waals surface area contributed by atoms with Crippen molar-refractivity contribution in [1.82, 2.24) is 0 Å². The summed E-state index contributed by atoms with van der Waals surface area (Å²) in [5.41, 5.74) is 1.37. The highest BCUT2D eigenvalue weighted by Gasteiger charge is 2.19. The molecule has 0 aliphatic rings. The van der Waals surface area contributed by atoms with Gasteiger partial charge in [-0.3, -0.25) is 4.79 Å². The molecule has 4 heteroatoms. The second-order valence-electron chi connectivity index (χ2n) is 4.09. The largest absolute Gasteiger partial charge is 0.494 e. The molecule has 19 heavy (non-hydrogen) atoms. The van der Waals surface area contributed by atoms with Crippen LogP contribution in [0.5, 0.6) is 5.75 Å². The van der Waals surface area contributed by atoms with Crippen LogP contribution < -0.4 is 4.74 Å². The average Bonchev–Trinajstić information content (AvgIpc) is 2.41. The summed E-state index contributed by atoms with van der Waals surface area (Å²) in [4.78, 5) is 12.4. The number of halogens is 2. The van der Waals surface area contributed by atoms with Crippen molar-refractivity contribution in [3.05, 3.63) is 63.4 Å². The highest BCUT2D eigenvalue weighted by atomic mass is 79.9. The maximum atomic E-state index is 14.1. The van der Waals surface area contributed by atoms with Crippen LogP contribution in [0.15, 0.2) is 40.9 Å². The minimum atomic E-state index is -0.636. The molecule has 2 nitrogen and oxygen atoms in total. The number of carbonyl (C=O) groups excluding carboxylic acids is 1.